The molecule has 2 N–H and O–H groups in total. The van der Waals surface area contributed by atoms with E-state index in [4.69, 9.17) is 4.74 Å². The highest BCUT2D eigenvalue weighted by molar-refractivity contribution is 5.75. The highest BCUT2D eigenvalue weighted by Gasteiger charge is 2.34. The van der Waals surface area contributed by atoms with Crippen molar-refractivity contribution in [3.8, 4) is 0 Å². The van der Waals surface area contributed by atoms with Crippen LogP contribution in [0.25, 0.3) is 0 Å². The van der Waals surface area contributed by atoms with E-state index in [1.165, 1.54) is 0 Å². The van der Waals surface area contributed by atoms with Crippen molar-refractivity contribution in [1.29, 1.82) is 0 Å². The summed E-state index contributed by atoms with van der Waals surface area (Å²) in [5.74, 6) is -0.908. The molecule has 1 saturated heterocycles. The van der Waals surface area contributed by atoms with Crippen LogP contribution in [0.2, 0.25) is 0 Å². The van der Waals surface area contributed by atoms with Gasteiger partial charge >= 0.3 is 12.1 Å². The zero-order valence-corrected chi connectivity index (χ0v) is 13.7. The predicted octanol–water partition coefficient (Wildman–Crippen LogP) is 1.81. The van der Waals surface area contributed by atoms with E-state index < -0.39 is 23.7 Å². The molecular weight excluding hydrogens is 298 g/mol. The molecule has 2 rings (SSSR count). The van der Waals surface area contributed by atoms with E-state index in [2.05, 4.69) is 10.3 Å². The number of carbonyl (C=O) groups is 2. The number of aromatic nitrogens is 1. The Kier molecular flexibility index (Phi) is 5.20. The number of likely N-dealkylation sites (tertiary alicyclic amines) is 1. The summed E-state index contributed by atoms with van der Waals surface area (Å²) >= 11 is 0. The first-order valence-electron chi connectivity index (χ1n) is 7.62. The van der Waals surface area contributed by atoms with Gasteiger partial charge in [-0.05, 0) is 44.9 Å². The zero-order chi connectivity index (χ0) is 17.0. The van der Waals surface area contributed by atoms with Gasteiger partial charge in [-0.2, -0.15) is 0 Å². The molecule has 0 radical (unpaired) electrons. The van der Waals surface area contributed by atoms with Crippen LogP contribution in [0.1, 0.15) is 38.8 Å². The molecule has 1 fully saturated rings. The minimum atomic E-state index is -0.908. The van der Waals surface area contributed by atoms with Gasteiger partial charge in [0.1, 0.15) is 11.6 Å². The van der Waals surface area contributed by atoms with Crippen molar-refractivity contribution < 1.29 is 19.4 Å². The van der Waals surface area contributed by atoms with Crippen LogP contribution < -0.4 is 5.32 Å². The van der Waals surface area contributed by atoms with Gasteiger partial charge in [-0.15, -0.1) is 0 Å². The third-order valence-corrected chi connectivity index (χ3v) is 3.56. The van der Waals surface area contributed by atoms with Crippen LogP contribution in [0.15, 0.2) is 24.5 Å². The number of hydrogen-bond donors (Lipinski definition) is 2. The SMILES string of the molecule is CC(C)(C)OC(=O)N[C@H]1CCN([C@@H](C(=O)O)c2ccncc2)C1. The van der Waals surface area contributed by atoms with Crippen LogP contribution in [-0.2, 0) is 9.53 Å². The average Bonchev–Trinajstić information content (AvgIpc) is 2.85. The normalized spacial score (nSPS) is 20.0. The minimum Gasteiger partial charge on any atom is -0.480 e. The number of hydrogen-bond acceptors (Lipinski definition) is 5. The molecule has 1 aromatic rings. The maximum Gasteiger partial charge on any atom is 0.407 e. The third-order valence-electron chi connectivity index (χ3n) is 3.56. The molecule has 1 aliphatic rings. The fourth-order valence-electron chi connectivity index (χ4n) is 2.67. The van der Waals surface area contributed by atoms with E-state index in [1.807, 2.05) is 4.90 Å². The lowest BCUT2D eigenvalue weighted by molar-refractivity contribution is -0.143. The molecule has 0 aromatic carbocycles. The number of nitrogens with zero attached hydrogens (tertiary/aromatic N) is 2. The highest BCUT2D eigenvalue weighted by atomic mass is 16.6. The van der Waals surface area contributed by atoms with Crippen molar-refractivity contribution in [2.24, 2.45) is 0 Å². The van der Waals surface area contributed by atoms with E-state index in [-0.39, 0.29) is 6.04 Å². The molecule has 0 saturated carbocycles. The quantitative estimate of drug-likeness (QED) is 0.879. The number of ether oxygens (including phenoxy) is 1. The minimum absolute atomic E-state index is 0.117. The number of aliphatic carboxylic acids is 1. The van der Waals surface area contributed by atoms with Gasteiger partial charge in [0.05, 0.1) is 0 Å². The molecule has 1 aliphatic heterocycles. The van der Waals surface area contributed by atoms with Crippen LogP contribution >= 0.6 is 0 Å². The van der Waals surface area contributed by atoms with Crippen molar-refractivity contribution in [3.05, 3.63) is 30.1 Å². The summed E-state index contributed by atoms with van der Waals surface area (Å²) in [6.07, 6.45) is 3.38. The van der Waals surface area contributed by atoms with Crippen molar-refractivity contribution in [3.63, 3.8) is 0 Å². The van der Waals surface area contributed by atoms with Crippen LogP contribution in [0.4, 0.5) is 4.79 Å². The summed E-state index contributed by atoms with van der Waals surface area (Å²) in [5.41, 5.74) is 0.133. The van der Waals surface area contributed by atoms with Gasteiger partial charge in [0.25, 0.3) is 0 Å². The van der Waals surface area contributed by atoms with E-state index in [0.29, 0.717) is 25.1 Å². The van der Waals surface area contributed by atoms with Crippen LogP contribution in [0, 0.1) is 0 Å². The van der Waals surface area contributed by atoms with E-state index in [0.717, 1.165) is 0 Å². The van der Waals surface area contributed by atoms with Gasteiger partial charge in [-0.25, -0.2) is 4.79 Å². The molecule has 0 unspecified atom stereocenters. The molecule has 2 atom stereocenters. The fraction of sp³-hybridized carbons (Fsp3) is 0.562. The zero-order valence-electron chi connectivity index (χ0n) is 13.7. The summed E-state index contributed by atoms with van der Waals surface area (Å²) in [7, 11) is 0. The maximum atomic E-state index is 11.8. The number of carboxylic acids is 1. The van der Waals surface area contributed by atoms with Crippen LogP contribution in [0.5, 0.6) is 0 Å². The molecule has 0 spiro atoms. The second kappa shape index (κ2) is 6.95. The van der Waals surface area contributed by atoms with Gasteiger partial charge in [-0.1, -0.05) is 0 Å². The number of amides is 1. The number of carbonyl (C=O) groups excluding carboxylic acids is 1. The summed E-state index contributed by atoms with van der Waals surface area (Å²) in [6.45, 7) is 6.48. The monoisotopic (exact) mass is 321 g/mol. The molecule has 2 heterocycles. The Morgan fingerprint density at radius 2 is 2.04 bits per heavy atom. The smallest absolute Gasteiger partial charge is 0.407 e. The first-order valence-corrected chi connectivity index (χ1v) is 7.62. The first-order chi connectivity index (χ1) is 10.8. The third kappa shape index (κ3) is 4.92. The Morgan fingerprint density at radius 1 is 1.39 bits per heavy atom. The Morgan fingerprint density at radius 3 is 2.61 bits per heavy atom. The molecule has 0 aliphatic carbocycles. The van der Waals surface area contributed by atoms with Gasteiger partial charge in [-0.3, -0.25) is 14.7 Å². The van der Waals surface area contributed by atoms with E-state index >= 15 is 0 Å². The summed E-state index contributed by atoms with van der Waals surface area (Å²) in [4.78, 5) is 29.2. The molecule has 7 heteroatoms. The van der Waals surface area contributed by atoms with E-state index in [9.17, 15) is 14.7 Å². The second-order valence-electron chi connectivity index (χ2n) is 6.65. The van der Waals surface area contributed by atoms with Gasteiger partial charge in [0, 0.05) is 31.5 Å². The average molecular weight is 321 g/mol. The van der Waals surface area contributed by atoms with Crippen molar-refractivity contribution >= 4 is 12.1 Å². The Balaban J connectivity index is 1.98. The number of rotatable bonds is 4. The lowest BCUT2D eigenvalue weighted by Crippen LogP contribution is -2.41. The van der Waals surface area contributed by atoms with Crippen molar-refractivity contribution in [2.45, 2.75) is 44.9 Å². The predicted molar refractivity (Wildman–Crippen MR) is 84.0 cm³/mol. The standard InChI is InChI=1S/C16H23N3O4/c1-16(2,3)23-15(22)18-12-6-9-19(10-12)13(14(20)21)11-4-7-17-8-5-11/h4-5,7-8,12-13H,6,9-10H2,1-3H3,(H,18,22)(H,20,21)/t12-,13+/m0/s1. The lowest BCUT2D eigenvalue weighted by atomic mass is 10.1. The van der Waals surface area contributed by atoms with Crippen LogP contribution in [0.3, 0.4) is 0 Å². The van der Waals surface area contributed by atoms with Crippen molar-refractivity contribution in [1.82, 2.24) is 15.2 Å². The molecule has 1 aromatic heterocycles. The molecule has 1 amide bonds. The molecule has 126 valence electrons. The fourth-order valence-corrected chi connectivity index (χ4v) is 2.67. The largest absolute Gasteiger partial charge is 0.480 e. The first kappa shape index (κ1) is 17.2. The highest BCUT2D eigenvalue weighted by Crippen LogP contribution is 2.25. The van der Waals surface area contributed by atoms with Crippen molar-refractivity contribution in [2.75, 3.05) is 13.1 Å². The summed E-state index contributed by atoms with van der Waals surface area (Å²) < 4.78 is 5.23. The molecular formula is C16H23N3O4. The number of alkyl carbamates (subject to hydrolysis) is 1. The lowest BCUT2D eigenvalue weighted by Gasteiger charge is -2.25. The maximum absolute atomic E-state index is 11.8. The Bertz CT molecular complexity index is 556. The Hall–Kier alpha value is -2.15. The molecule has 23 heavy (non-hydrogen) atoms. The molecule has 0 bridgehead atoms. The van der Waals surface area contributed by atoms with Gasteiger partial charge < -0.3 is 15.2 Å². The number of nitrogens with one attached hydrogen (secondary N) is 1. The summed E-state index contributed by atoms with van der Waals surface area (Å²) in [5, 5.41) is 12.3. The molecule has 7 nitrogen and oxygen atoms in total. The Labute approximate surface area is 135 Å². The second-order valence-corrected chi connectivity index (χ2v) is 6.65. The number of pyridine rings is 1. The van der Waals surface area contributed by atoms with Crippen LogP contribution in [-0.4, -0.2) is 51.8 Å². The van der Waals surface area contributed by atoms with Gasteiger partial charge in [0.15, 0.2) is 0 Å². The van der Waals surface area contributed by atoms with E-state index in [1.54, 1.807) is 45.3 Å². The summed E-state index contributed by atoms with van der Waals surface area (Å²) in [6, 6.07) is 2.55. The topological polar surface area (TPSA) is 91.8 Å². The van der Waals surface area contributed by atoms with Gasteiger partial charge in [0.2, 0.25) is 0 Å². The number of carboxylic acid groups (broad SMARTS) is 1.